The first-order valence-electron chi connectivity index (χ1n) is 5.93. The highest BCUT2D eigenvalue weighted by Crippen LogP contribution is 2.25. The molecule has 0 N–H and O–H groups in total. The number of aryl methyl sites for hydroxylation is 1. The molecular formula is C14H13BrN2O3. The Morgan fingerprint density at radius 1 is 1.35 bits per heavy atom. The normalized spacial score (nSPS) is 10.3. The largest absolute Gasteiger partial charge is 0.496 e. The summed E-state index contributed by atoms with van der Waals surface area (Å²) < 4.78 is 6.96. The van der Waals surface area contributed by atoms with Gasteiger partial charge in [0.1, 0.15) is 12.3 Å². The molecule has 2 aromatic rings. The van der Waals surface area contributed by atoms with Crippen LogP contribution in [0.25, 0.3) is 0 Å². The van der Waals surface area contributed by atoms with Crippen molar-refractivity contribution >= 4 is 21.7 Å². The second kappa shape index (κ2) is 6.00. The summed E-state index contributed by atoms with van der Waals surface area (Å²) in [5.74, 6) is 0.459. The molecule has 1 aromatic heterocycles. The van der Waals surface area contributed by atoms with E-state index in [0.29, 0.717) is 21.5 Å². The van der Waals surface area contributed by atoms with Crippen molar-refractivity contribution in [3.8, 4) is 5.75 Å². The fourth-order valence-electron chi connectivity index (χ4n) is 1.73. The van der Waals surface area contributed by atoms with Crippen LogP contribution in [0.3, 0.4) is 0 Å². The topological polar surface area (TPSA) is 61.2 Å². The van der Waals surface area contributed by atoms with Crippen LogP contribution in [0, 0.1) is 6.92 Å². The summed E-state index contributed by atoms with van der Waals surface area (Å²) in [5.41, 5.74) is 0.887. The highest BCUT2D eigenvalue weighted by atomic mass is 79.9. The van der Waals surface area contributed by atoms with Gasteiger partial charge in [0.2, 0.25) is 0 Å². The maximum atomic E-state index is 12.2. The summed E-state index contributed by atoms with van der Waals surface area (Å²) in [6.45, 7) is 1.68. The van der Waals surface area contributed by atoms with Gasteiger partial charge in [0.05, 0.1) is 17.3 Å². The number of carbonyl (C=O) groups is 1. The van der Waals surface area contributed by atoms with Gasteiger partial charge in [-0.3, -0.25) is 9.59 Å². The minimum atomic E-state index is -0.295. The van der Waals surface area contributed by atoms with Gasteiger partial charge in [0.15, 0.2) is 5.78 Å². The molecule has 6 heteroatoms. The average molecular weight is 337 g/mol. The molecule has 0 amide bonds. The quantitative estimate of drug-likeness (QED) is 0.803. The Morgan fingerprint density at radius 2 is 2.10 bits per heavy atom. The van der Waals surface area contributed by atoms with Gasteiger partial charge >= 0.3 is 0 Å². The van der Waals surface area contributed by atoms with Crippen LogP contribution in [0.4, 0.5) is 0 Å². The van der Waals surface area contributed by atoms with E-state index in [2.05, 4.69) is 21.0 Å². The molecule has 0 radical (unpaired) electrons. The predicted molar refractivity (Wildman–Crippen MR) is 78.3 cm³/mol. The Hall–Kier alpha value is -1.95. The zero-order chi connectivity index (χ0) is 14.7. The number of nitrogens with zero attached hydrogens (tertiary/aromatic N) is 2. The molecule has 0 saturated heterocycles. The third-order valence-corrected chi connectivity index (χ3v) is 3.39. The molecule has 1 heterocycles. The van der Waals surface area contributed by atoms with Gasteiger partial charge in [-0.2, -0.15) is 5.10 Å². The lowest BCUT2D eigenvalue weighted by atomic mass is 10.1. The summed E-state index contributed by atoms with van der Waals surface area (Å²) in [6, 6.07) is 8.05. The van der Waals surface area contributed by atoms with Crippen LogP contribution in [0.5, 0.6) is 5.75 Å². The number of hydrogen-bond acceptors (Lipinski definition) is 4. The van der Waals surface area contributed by atoms with Crippen molar-refractivity contribution in [2.45, 2.75) is 13.5 Å². The van der Waals surface area contributed by atoms with E-state index in [4.69, 9.17) is 4.74 Å². The highest BCUT2D eigenvalue weighted by Gasteiger charge is 2.11. The van der Waals surface area contributed by atoms with Gasteiger partial charge in [0.25, 0.3) is 5.56 Å². The maximum absolute atomic E-state index is 12.2. The van der Waals surface area contributed by atoms with Crippen molar-refractivity contribution in [1.82, 2.24) is 9.78 Å². The van der Waals surface area contributed by atoms with Gasteiger partial charge in [-0.1, -0.05) is 0 Å². The van der Waals surface area contributed by atoms with E-state index in [1.165, 1.54) is 6.07 Å². The standard InChI is InChI=1S/C14H13BrN2O3/c1-9-3-6-14(19)17(16-9)8-12(18)10-4-5-13(20-2)11(15)7-10/h3-7H,8H2,1-2H3. The molecule has 0 saturated carbocycles. The fraction of sp³-hybridized carbons (Fsp3) is 0.214. The van der Waals surface area contributed by atoms with Crippen molar-refractivity contribution in [2.75, 3.05) is 7.11 Å². The summed E-state index contributed by atoms with van der Waals surface area (Å²) in [4.78, 5) is 23.8. The summed E-state index contributed by atoms with van der Waals surface area (Å²) in [6.07, 6.45) is 0. The van der Waals surface area contributed by atoms with Crippen LogP contribution >= 0.6 is 15.9 Å². The molecule has 0 bridgehead atoms. The second-order valence-corrected chi connectivity index (χ2v) is 5.10. The van der Waals surface area contributed by atoms with E-state index in [1.807, 2.05) is 0 Å². The van der Waals surface area contributed by atoms with E-state index in [1.54, 1.807) is 38.3 Å². The molecule has 20 heavy (non-hydrogen) atoms. The Labute approximate surface area is 124 Å². The molecule has 1 aromatic carbocycles. The Kier molecular flexibility index (Phi) is 4.34. The number of ketones is 1. The first kappa shape index (κ1) is 14.5. The van der Waals surface area contributed by atoms with Crippen molar-refractivity contribution in [3.05, 3.63) is 56.4 Å². The SMILES string of the molecule is COc1ccc(C(=O)Cn2nc(C)ccc2=O)cc1Br. The number of ether oxygens (including phenoxy) is 1. The smallest absolute Gasteiger partial charge is 0.267 e. The third-order valence-electron chi connectivity index (χ3n) is 2.77. The van der Waals surface area contributed by atoms with Gasteiger partial charge in [-0.25, -0.2) is 4.68 Å². The summed E-state index contributed by atoms with van der Waals surface area (Å²) in [5, 5.41) is 4.04. The monoisotopic (exact) mass is 336 g/mol. The number of benzene rings is 1. The highest BCUT2D eigenvalue weighted by molar-refractivity contribution is 9.10. The van der Waals surface area contributed by atoms with E-state index in [0.717, 1.165) is 4.68 Å². The van der Waals surface area contributed by atoms with E-state index in [9.17, 15) is 9.59 Å². The minimum absolute atomic E-state index is 0.0840. The minimum Gasteiger partial charge on any atom is -0.496 e. The van der Waals surface area contributed by atoms with Crippen LogP contribution in [0.2, 0.25) is 0 Å². The molecule has 0 atom stereocenters. The summed E-state index contributed by atoms with van der Waals surface area (Å²) >= 11 is 3.33. The molecule has 0 aliphatic rings. The van der Waals surface area contributed by atoms with Gasteiger partial charge in [-0.15, -0.1) is 0 Å². The molecule has 2 rings (SSSR count). The Bertz CT molecular complexity index is 710. The van der Waals surface area contributed by atoms with Gasteiger partial charge in [0, 0.05) is 11.6 Å². The second-order valence-electron chi connectivity index (χ2n) is 4.24. The van der Waals surface area contributed by atoms with Crippen molar-refractivity contribution in [3.63, 3.8) is 0 Å². The molecule has 0 aliphatic carbocycles. The third kappa shape index (κ3) is 3.14. The van der Waals surface area contributed by atoms with Crippen molar-refractivity contribution in [1.29, 1.82) is 0 Å². The van der Waals surface area contributed by atoms with Gasteiger partial charge < -0.3 is 4.74 Å². The molecule has 0 aliphatic heterocycles. The van der Waals surface area contributed by atoms with Crippen LogP contribution in [-0.2, 0) is 6.54 Å². The first-order chi connectivity index (χ1) is 9.51. The van der Waals surface area contributed by atoms with Crippen LogP contribution in [0.15, 0.2) is 39.6 Å². The molecule has 0 spiro atoms. The number of carbonyl (C=O) groups excluding carboxylic acids is 1. The molecule has 0 fully saturated rings. The lowest BCUT2D eigenvalue weighted by Crippen LogP contribution is -2.26. The lowest BCUT2D eigenvalue weighted by Gasteiger charge is -2.07. The summed E-state index contributed by atoms with van der Waals surface area (Å²) in [7, 11) is 1.55. The number of methoxy groups -OCH3 is 1. The van der Waals surface area contributed by atoms with E-state index >= 15 is 0 Å². The Balaban J connectivity index is 2.26. The number of Topliss-reactive ketones (excluding diaryl/α,β-unsaturated/α-hetero) is 1. The van der Waals surface area contributed by atoms with Crippen LogP contribution in [-0.4, -0.2) is 22.7 Å². The number of halogens is 1. The average Bonchev–Trinajstić information content (AvgIpc) is 2.42. The maximum Gasteiger partial charge on any atom is 0.267 e. The van der Waals surface area contributed by atoms with E-state index < -0.39 is 0 Å². The van der Waals surface area contributed by atoms with E-state index in [-0.39, 0.29) is 17.9 Å². The number of rotatable bonds is 4. The predicted octanol–water partition coefficient (Wildman–Crippen LogP) is 2.21. The van der Waals surface area contributed by atoms with Gasteiger partial charge in [-0.05, 0) is 47.1 Å². The Morgan fingerprint density at radius 3 is 2.75 bits per heavy atom. The zero-order valence-corrected chi connectivity index (χ0v) is 12.7. The number of hydrogen-bond donors (Lipinski definition) is 0. The molecule has 104 valence electrons. The molecular weight excluding hydrogens is 324 g/mol. The first-order valence-corrected chi connectivity index (χ1v) is 6.72. The van der Waals surface area contributed by atoms with Crippen molar-refractivity contribution < 1.29 is 9.53 Å². The van der Waals surface area contributed by atoms with Crippen LogP contribution in [0.1, 0.15) is 16.1 Å². The number of aromatic nitrogens is 2. The fourth-order valence-corrected chi connectivity index (χ4v) is 2.27. The zero-order valence-electron chi connectivity index (χ0n) is 11.1. The van der Waals surface area contributed by atoms with Crippen LogP contribution < -0.4 is 10.3 Å². The molecule has 5 nitrogen and oxygen atoms in total. The lowest BCUT2D eigenvalue weighted by molar-refractivity contribution is 0.0965. The van der Waals surface area contributed by atoms with Crippen molar-refractivity contribution in [2.24, 2.45) is 0 Å². The molecule has 0 unspecified atom stereocenters.